The number of anilines is 1. The van der Waals surface area contributed by atoms with E-state index in [2.05, 4.69) is 61.0 Å². The molecule has 10 heteroatoms. The fraction of sp³-hybridized carbons (Fsp3) is 0.385. The summed E-state index contributed by atoms with van der Waals surface area (Å²) in [5.74, 6) is 2.38. The zero-order chi connectivity index (χ0) is 25.3. The zero-order valence-electron chi connectivity index (χ0n) is 20.5. The maximum atomic E-state index is 13.0. The summed E-state index contributed by atoms with van der Waals surface area (Å²) in [6.07, 6.45) is -0.820. The van der Waals surface area contributed by atoms with Crippen LogP contribution in [0.15, 0.2) is 53.1 Å². The van der Waals surface area contributed by atoms with Gasteiger partial charge in [0, 0.05) is 31.3 Å². The number of rotatable bonds is 7. The Hall–Kier alpha value is -3.82. The van der Waals surface area contributed by atoms with Gasteiger partial charge in [-0.25, -0.2) is 9.67 Å². The van der Waals surface area contributed by atoms with Crippen molar-refractivity contribution in [2.45, 2.75) is 46.3 Å². The summed E-state index contributed by atoms with van der Waals surface area (Å²) in [4.78, 5) is 11.3. The van der Waals surface area contributed by atoms with E-state index in [0.717, 1.165) is 30.4 Å². The van der Waals surface area contributed by atoms with Crippen LogP contribution in [0.1, 0.15) is 38.1 Å². The highest BCUT2D eigenvalue weighted by Gasteiger charge is 2.23. The van der Waals surface area contributed by atoms with E-state index >= 15 is 0 Å². The lowest BCUT2D eigenvalue weighted by molar-refractivity contribution is -0.158. The van der Waals surface area contributed by atoms with Crippen LogP contribution in [0.3, 0.4) is 0 Å². The largest absolute Gasteiger partial charge is 0.433 e. The third kappa shape index (κ3) is 5.53. The Morgan fingerprint density at radius 2 is 1.81 bits per heavy atom. The molecule has 0 atom stereocenters. The minimum atomic E-state index is -3.25. The molecule has 0 spiro atoms. The normalized spacial score (nSPS) is 14.9. The number of nitrogens with zero attached hydrogens (tertiary/aromatic N) is 6. The minimum absolute atomic E-state index is 0.0462. The van der Waals surface area contributed by atoms with Crippen molar-refractivity contribution in [1.29, 1.82) is 0 Å². The van der Waals surface area contributed by atoms with E-state index in [9.17, 15) is 8.78 Å². The molecule has 0 N–H and O–H groups in total. The summed E-state index contributed by atoms with van der Waals surface area (Å²) in [6.45, 7) is 7.61. The van der Waals surface area contributed by atoms with E-state index in [4.69, 9.17) is 4.52 Å². The number of benzene rings is 2. The summed E-state index contributed by atoms with van der Waals surface area (Å²) < 4.78 is 37.8. The van der Waals surface area contributed by atoms with Crippen LogP contribution in [0.25, 0.3) is 23.1 Å². The van der Waals surface area contributed by atoms with E-state index < -0.39 is 6.11 Å². The van der Waals surface area contributed by atoms with Crippen molar-refractivity contribution in [2.24, 2.45) is 5.92 Å². The summed E-state index contributed by atoms with van der Waals surface area (Å²) >= 11 is 0. The second-order valence-corrected chi connectivity index (χ2v) is 9.34. The van der Waals surface area contributed by atoms with Gasteiger partial charge in [-0.15, -0.1) is 5.10 Å². The summed E-state index contributed by atoms with van der Waals surface area (Å²) in [5, 5.41) is 8.57. The fourth-order valence-corrected chi connectivity index (χ4v) is 4.26. The van der Waals surface area contributed by atoms with Gasteiger partial charge in [0.05, 0.1) is 6.54 Å². The van der Waals surface area contributed by atoms with Gasteiger partial charge in [0.15, 0.2) is 0 Å². The standard InChI is InChI=1S/C26H28F2N6O2/c1-17-11-13-33(14-12-17)21-6-4-5-19(15-21)16-34-18(2)29-24(31-34)25-30-23(32-36-25)20-7-9-22(10-8-20)35-26(3,27)28/h4-10,15,17H,11-14,16H2,1-3H3. The van der Waals surface area contributed by atoms with Crippen LogP contribution >= 0.6 is 0 Å². The molecule has 1 aliphatic rings. The van der Waals surface area contributed by atoms with Crippen LogP contribution in [0.2, 0.25) is 0 Å². The Morgan fingerprint density at radius 1 is 1.06 bits per heavy atom. The highest BCUT2D eigenvalue weighted by Crippen LogP contribution is 2.27. The number of alkyl halides is 2. The highest BCUT2D eigenvalue weighted by atomic mass is 19.3. The number of aryl methyl sites for hydroxylation is 1. The van der Waals surface area contributed by atoms with Crippen LogP contribution in [0.5, 0.6) is 5.75 Å². The van der Waals surface area contributed by atoms with Gasteiger partial charge in [0.2, 0.25) is 11.6 Å². The first-order chi connectivity index (χ1) is 17.2. The van der Waals surface area contributed by atoms with Crippen molar-refractivity contribution < 1.29 is 18.0 Å². The van der Waals surface area contributed by atoms with Crippen molar-refractivity contribution >= 4 is 5.69 Å². The average Bonchev–Trinajstić information content (AvgIpc) is 3.47. The maximum Gasteiger partial charge on any atom is 0.394 e. The molecule has 1 saturated heterocycles. The molecule has 36 heavy (non-hydrogen) atoms. The number of hydrogen-bond donors (Lipinski definition) is 0. The maximum absolute atomic E-state index is 13.0. The Bertz CT molecular complexity index is 1320. The lowest BCUT2D eigenvalue weighted by Gasteiger charge is -2.32. The molecular formula is C26H28F2N6O2. The molecule has 0 aliphatic carbocycles. The molecule has 0 bridgehead atoms. The van der Waals surface area contributed by atoms with E-state index in [1.165, 1.54) is 30.7 Å². The third-order valence-electron chi connectivity index (χ3n) is 6.28. The van der Waals surface area contributed by atoms with Gasteiger partial charge >= 0.3 is 6.11 Å². The number of piperidine rings is 1. The van der Waals surface area contributed by atoms with Gasteiger partial charge in [-0.2, -0.15) is 13.8 Å². The number of halogens is 2. The minimum Gasteiger partial charge on any atom is -0.433 e. The summed E-state index contributed by atoms with van der Waals surface area (Å²) in [7, 11) is 0. The molecule has 4 aromatic rings. The molecule has 0 saturated carbocycles. The van der Waals surface area contributed by atoms with Crippen molar-refractivity contribution in [3.63, 3.8) is 0 Å². The first-order valence-corrected chi connectivity index (χ1v) is 12.0. The first-order valence-electron chi connectivity index (χ1n) is 12.0. The fourth-order valence-electron chi connectivity index (χ4n) is 4.26. The summed E-state index contributed by atoms with van der Waals surface area (Å²) in [6, 6.07) is 14.6. The predicted octanol–water partition coefficient (Wildman–Crippen LogP) is 5.58. The van der Waals surface area contributed by atoms with Crippen LogP contribution in [-0.2, 0) is 6.54 Å². The highest BCUT2D eigenvalue weighted by molar-refractivity contribution is 5.58. The topological polar surface area (TPSA) is 82.1 Å². The Kier molecular flexibility index (Phi) is 6.42. The lowest BCUT2D eigenvalue weighted by Crippen LogP contribution is -2.32. The van der Waals surface area contributed by atoms with Crippen molar-refractivity contribution in [3.05, 3.63) is 59.9 Å². The van der Waals surface area contributed by atoms with Crippen molar-refractivity contribution in [1.82, 2.24) is 24.9 Å². The van der Waals surface area contributed by atoms with Crippen molar-refractivity contribution in [3.8, 4) is 28.9 Å². The summed E-state index contributed by atoms with van der Waals surface area (Å²) in [5.41, 5.74) is 2.96. The molecule has 8 nitrogen and oxygen atoms in total. The molecule has 3 heterocycles. The van der Waals surface area contributed by atoms with Crippen LogP contribution in [-0.4, -0.2) is 44.1 Å². The molecule has 2 aromatic carbocycles. The molecule has 1 fully saturated rings. The number of aromatic nitrogens is 5. The van der Waals surface area contributed by atoms with Gasteiger partial charge in [0.25, 0.3) is 5.89 Å². The van der Waals surface area contributed by atoms with Gasteiger partial charge in [-0.1, -0.05) is 24.2 Å². The smallest absolute Gasteiger partial charge is 0.394 e. The predicted molar refractivity (Wildman–Crippen MR) is 131 cm³/mol. The Labute approximate surface area is 207 Å². The molecule has 2 aromatic heterocycles. The molecular weight excluding hydrogens is 466 g/mol. The first kappa shape index (κ1) is 23.9. The van der Waals surface area contributed by atoms with Gasteiger partial charge in [-0.3, -0.25) is 0 Å². The SMILES string of the molecule is Cc1nc(-c2nc(-c3ccc(OC(C)(F)F)cc3)no2)nn1Cc1cccc(N2CCC(C)CC2)c1. The van der Waals surface area contributed by atoms with Crippen molar-refractivity contribution in [2.75, 3.05) is 18.0 Å². The van der Waals surface area contributed by atoms with E-state index in [1.807, 2.05) is 11.6 Å². The zero-order valence-corrected chi connectivity index (χ0v) is 20.5. The van der Waals surface area contributed by atoms with Gasteiger partial charge in [-0.05, 0) is 67.6 Å². The van der Waals surface area contributed by atoms with E-state index in [0.29, 0.717) is 30.7 Å². The molecule has 0 amide bonds. The molecule has 188 valence electrons. The Balaban J connectivity index is 1.29. The molecule has 0 unspecified atom stereocenters. The van der Waals surface area contributed by atoms with Gasteiger partial charge < -0.3 is 14.2 Å². The third-order valence-corrected chi connectivity index (χ3v) is 6.28. The van der Waals surface area contributed by atoms with Crippen LogP contribution < -0.4 is 9.64 Å². The Morgan fingerprint density at radius 3 is 2.53 bits per heavy atom. The molecule has 1 aliphatic heterocycles. The van der Waals surface area contributed by atoms with Gasteiger partial charge in [0.1, 0.15) is 11.6 Å². The monoisotopic (exact) mass is 494 g/mol. The average molecular weight is 495 g/mol. The lowest BCUT2D eigenvalue weighted by atomic mass is 9.98. The van der Waals surface area contributed by atoms with E-state index in [-0.39, 0.29) is 11.6 Å². The molecule has 0 radical (unpaired) electrons. The number of hydrogen-bond acceptors (Lipinski definition) is 7. The second kappa shape index (κ2) is 9.67. The van der Waals surface area contributed by atoms with E-state index in [1.54, 1.807) is 12.1 Å². The second-order valence-electron chi connectivity index (χ2n) is 9.34. The van der Waals surface area contributed by atoms with Crippen LogP contribution in [0.4, 0.5) is 14.5 Å². The quantitative estimate of drug-likeness (QED) is 0.332. The number of ether oxygens (including phenoxy) is 1. The molecule has 5 rings (SSSR count). The van der Waals surface area contributed by atoms with Crippen LogP contribution in [0, 0.1) is 12.8 Å².